The number of hydrogen-bond donors (Lipinski definition) is 1. The molecular formula is C13H19NO2. The fraction of sp³-hybridized carbons (Fsp3) is 0.462. The second kappa shape index (κ2) is 5.66. The van der Waals surface area contributed by atoms with Crippen LogP contribution in [0.2, 0.25) is 0 Å². The van der Waals surface area contributed by atoms with E-state index in [1.165, 1.54) is 7.11 Å². The average molecular weight is 221 g/mol. The van der Waals surface area contributed by atoms with E-state index in [1.807, 2.05) is 44.2 Å². The van der Waals surface area contributed by atoms with Crippen LogP contribution in [0.15, 0.2) is 30.3 Å². The summed E-state index contributed by atoms with van der Waals surface area (Å²) in [6.45, 7) is 4.58. The van der Waals surface area contributed by atoms with Gasteiger partial charge in [0.2, 0.25) is 0 Å². The van der Waals surface area contributed by atoms with Crippen LogP contribution in [0.4, 0.5) is 0 Å². The zero-order valence-electron chi connectivity index (χ0n) is 10.1. The summed E-state index contributed by atoms with van der Waals surface area (Å²) in [6, 6.07) is 9.93. The Labute approximate surface area is 96.8 Å². The smallest absolute Gasteiger partial charge is 0.326 e. The van der Waals surface area contributed by atoms with Crippen molar-refractivity contribution in [2.24, 2.45) is 0 Å². The second-order valence-electron chi connectivity index (χ2n) is 4.02. The Bertz CT molecular complexity index is 337. The number of benzene rings is 1. The Hall–Kier alpha value is -1.35. The van der Waals surface area contributed by atoms with Crippen LogP contribution in [-0.4, -0.2) is 25.2 Å². The van der Waals surface area contributed by atoms with Crippen molar-refractivity contribution in [1.82, 2.24) is 5.32 Å². The normalized spacial score (nSPS) is 14.2. The summed E-state index contributed by atoms with van der Waals surface area (Å²) in [5.74, 6) is -0.224. The van der Waals surface area contributed by atoms with E-state index in [9.17, 15) is 4.79 Å². The highest BCUT2D eigenvalue weighted by atomic mass is 16.5. The minimum Gasteiger partial charge on any atom is -0.468 e. The van der Waals surface area contributed by atoms with Gasteiger partial charge >= 0.3 is 5.97 Å². The summed E-state index contributed by atoms with van der Waals surface area (Å²) < 4.78 is 4.84. The van der Waals surface area contributed by atoms with Gasteiger partial charge in [-0.05, 0) is 19.0 Å². The lowest BCUT2D eigenvalue weighted by Crippen LogP contribution is -2.51. The molecule has 1 N–H and O–H groups in total. The second-order valence-corrected chi connectivity index (χ2v) is 4.02. The van der Waals surface area contributed by atoms with Gasteiger partial charge in [0, 0.05) is 6.42 Å². The first kappa shape index (κ1) is 12.7. The van der Waals surface area contributed by atoms with Gasteiger partial charge in [-0.2, -0.15) is 0 Å². The van der Waals surface area contributed by atoms with Crippen molar-refractivity contribution >= 4 is 5.97 Å². The molecule has 0 amide bonds. The van der Waals surface area contributed by atoms with Gasteiger partial charge in [-0.1, -0.05) is 37.3 Å². The van der Waals surface area contributed by atoms with E-state index in [2.05, 4.69) is 5.32 Å². The quantitative estimate of drug-likeness (QED) is 0.770. The van der Waals surface area contributed by atoms with E-state index in [0.717, 1.165) is 12.1 Å². The minimum atomic E-state index is -0.648. The largest absolute Gasteiger partial charge is 0.468 e. The number of methoxy groups -OCH3 is 1. The van der Waals surface area contributed by atoms with E-state index in [4.69, 9.17) is 4.74 Å². The zero-order chi connectivity index (χ0) is 12.0. The van der Waals surface area contributed by atoms with Crippen molar-refractivity contribution in [1.29, 1.82) is 0 Å². The topological polar surface area (TPSA) is 38.3 Å². The van der Waals surface area contributed by atoms with Crippen LogP contribution < -0.4 is 5.32 Å². The number of rotatable bonds is 5. The molecule has 0 aliphatic carbocycles. The monoisotopic (exact) mass is 221 g/mol. The van der Waals surface area contributed by atoms with Crippen molar-refractivity contribution in [2.45, 2.75) is 25.8 Å². The first-order chi connectivity index (χ1) is 7.62. The molecule has 0 spiro atoms. The molecule has 0 saturated carbocycles. The summed E-state index contributed by atoms with van der Waals surface area (Å²) in [7, 11) is 1.42. The molecule has 3 nitrogen and oxygen atoms in total. The van der Waals surface area contributed by atoms with Gasteiger partial charge in [0.1, 0.15) is 5.54 Å². The Kier molecular flexibility index (Phi) is 4.50. The predicted octanol–water partition coefficient (Wildman–Crippen LogP) is 1.77. The molecule has 0 heterocycles. The molecular weight excluding hydrogens is 202 g/mol. The molecule has 1 atom stereocenters. The Morgan fingerprint density at radius 2 is 2.00 bits per heavy atom. The van der Waals surface area contributed by atoms with E-state index in [1.54, 1.807) is 0 Å². The maximum atomic E-state index is 11.7. The highest BCUT2D eigenvalue weighted by molar-refractivity contribution is 5.80. The van der Waals surface area contributed by atoms with E-state index < -0.39 is 5.54 Å². The van der Waals surface area contributed by atoms with Crippen LogP contribution in [0.3, 0.4) is 0 Å². The molecule has 1 rings (SSSR count). The van der Waals surface area contributed by atoms with Crippen molar-refractivity contribution < 1.29 is 9.53 Å². The van der Waals surface area contributed by atoms with Gasteiger partial charge in [0.25, 0.3) is 0 Å². The standard InChI is InChI=1S/C13H19NO2/c1-4-14-13(2,12(15)16-3)10-11-8-6-5-7-9-11/h5-9,14H,4,10H2,1-3H3. The molecule has 1 unspecified atom stereocenters. The maximum absolute atomic E-state index is 11.7. The third kappa shape index (κ3) is 3.07. The molecule has 0 aliphatic heterocycles. The molecule has 16 heavy (non-hydrogen) atoms. The average Bonchev–Trinajstić information content (AvgIpc) is 2.29. The van der Waals surface area contributed by atoms with Crippen LogP contribution in [0.5, 0.6) is 0 Å². The number of nitrogens with one attached hydrogen (secondary N) is 1. The van der Waals surface area contributed by atoms with Gasteiger partial charge in [0.05, 0.1) is 7.11 Å². The minimum absolute atomic E-state index is 0.224. The van der Waals surface area contributed by atoms with E-state index >= 15 is 0 Å². The van der Waals surface area contributed by atoms with Crippen LogP contribution in [0.1, 0.15) is 19.4 Å². The Morgan fingerprint density at radius 3 is 2.50 bits per heavy atom. The third-order valence-corrected chi connectivity index (χ3v) is 2.60. The molecule has 1 aromatic carbocycles. The third-order valence-electron chi connectivity index (χ3n) is 2.60. The zero-order valence-corrected chi connectivity index (χ0v) is 10.1. The lowest BCUT2D eigenvalue weighted by Gasteiger charge is -2.27. The molecule has 88 valence electrons. The summed E-state index contributed by atoms with van der Waals surface area (Å²) >= 11 is 0. The highest BCUT2D eigenvalue weighted by Crippen LogP contribution is 2.14. The molecule has 3 heteroatoms. The van der Waals surface area contributed by atoms with Gasteiger partial charge in [-0.15, -0.1) is 0 Å². The highest BCUT2D eigenvalue weighted by Gasteiger charge is 2.33. The van der Waals surface area contributed by atoms with Crippen LogP contribution >= 0.6 is 0 Å². The number of ether oxygens (including phenoxy) is 1. The molecule has 1 aromatic rings. The summed E-state index contributed by atoms with van der Waals surface area (Å²) in [4.78, 5) is 11.7. The number of likely N-dealkylation sites (N-methyl/N-ethyl adjacent to an activating group) is 1. The summed E-state index contributed by atoms with van der Waals surface area (Å²) in [6.07, 6.45) is 0.633. The molecule has 0 saturated heterocycles. The SMILES string of the molecule is CCNC(C)(Cc1ccccc1)C(=O)OC. The lowest BCUT2D eigenvalue weighted by molar-refractivity contribution is -0.147. The first-order valence-electron chi connectivity index (χ1n) is 5.49. The number of esters is 1. The van der Waals surface area contributed by atoms with Gasteiger partial charge < -0.3 is 10.1 Å². The van der Waals surface area contributed by atoms with Gasteiger partial charge in [-0.3, -0.25) is 4.79 Å². The van der Waals surface area contributed by atoms with Crippen molar-refractivity contribution in [3.8, 4) is 0 Å². The van der Waals surface area contributed by atoms with Crippen LogP contribution in [-0.2, 0) is 16.0 Å². The summed E-state index contributed by atoms with van der Waals surface area (Å²) in [5, 5.41) is 3.18. The first-order valence-corrected chi connectivity index (χ1v) is 5.49. The van der Waals surface area contributed by atoms with Crippen molar-refractivity contribution in [2.75, 3.05) is 13.7 Å². The van der Waals surface area contributed by atoms with Gasteiger partial charge in [0.15, 0.2) is 0 Å². The maximum Gasteiger partial charge on any atom is 0.326 e. The molecule has 0 radical (unpaired) electrons. The lowest BCUT2D eigenvalue weighted by atomic mass is 9.93. The molecule has 0 bridgehead atoms. The van der Waals surface area contributed by atoms with Crippen LogP contribution in [0, 0.1) is 0 Å². The van der Waals surface area contributed by atoms with Crippen molar-refractivity contribution in [3.63, 3.8) is 0 Å². The number of carbonyl (C=O) groups is 1. The number of hydrogen-bond acceptors (Lipinski definition) is 3. The molecule has 0 aliphatic rings. The number of carbonyl (C=O) groups excluding carboxylic acids is 1. The fourth-order valence-corrected chi connectivity index (χ4v) is 1.83. The molecule has 0 fully saturated rings. The van der Waals surface area contributed by atoms with Gasteiger partial charge in [-0.25, -0.2) is 0 Å². The van der Waals surface area contributed by atoms with E-state index in [0.29, 0.717) is 6.42 Å². The predicted molar refractivity (Wildman–Crippen MR) is 64.2 cm³/mol. The summed E-state index contributed by atoms with van der Waals surface area (Å²) in [5.41, 5.74) is 0.474. The Balaban J connectivity index is 2.83. The fourth-order valence-electron chi connectivity index (χ4n) is 1.83. The molecule has 0 aromatic heterocycles. The van der Waals surface area contributed by atoms with E-state index in [-0.39, 0.29) is 5.97 Å². The Morgan fingerprint density at radius 1 is 1.38 bits per heavy atom. The van der Waals surface area contributed by atoms with Crippen LogP contribution in [0.25, 0.3) is 0 Å². The van der Waals surface area contributed by atoms with Crippen molar-refractivity contribution in [3.05, 3.63) is 35.9 Å².